The van der Waals surface area contributed by atoms with Crippen molar-refractivity contribution in [2.24, 2.45) is 13.0 Å². The highest BCUT2D eigenvalue weighted by Gasteiger charge is 2.37. The average Bonchev–Trinajstić information content (AvgIpc) is 3.40. The molecule has 232 valence electrons. The molecule has 0 bridgehead atoms. The van der Waals surface area contributed by atoms with Crippen LogP contribution in [-0.4, -0.2) is 75.6 Å². The lowest BCUT2D eigenvalue weighted by Gasteiger charge is -2.35. The molecule has 0 saturated carbocycles. The van der Waals surface area contributed by atoms with Crippen LogP contribution in [0.25, 0.3) is 0 Å². The molecule has 0 aliphatic carbocycles. The molecule has 0 saturated heterocycles. The largest absolute Gasteiger partial charge is 0.395 e. The first-order chi connectivity index (χ1) is 20.3. The van der Waals surface area contributed by atoms with Crippen LogP contribution >= 0.6 is 0 Å². The maximum absolute atomic E-state index is 13.9. The van der Waals surface area contributed by atoms with Crippen LogP contribution in [-0.2, 0) is 33.1 Å². The smallest absolute Gasteiger partial charge is 0.262 e. The Hall–Kier alpha value is -3.98. The molecule has 2 amide bonds. The van der Waals surface area contributed by atoms with Crippen LogP contribution in [0.15, 0.2) is 78.2 Å². The molecule has 0 aliphatic rings. The Bertz CT molecular complexity index is 1530. The van der Waals surface area contributed by atoms with Crippen molar-refractivity contribution < 1.29 is 37.0 Å². The molecule has 0 fully saturated rings. The van der Waals surface area contributed by atoms with E-state index in [-0.39, 0.29) is 23.1 Å². The van der Waals surface area contributed by atoms with Crippen molar-refractivity contribution in [2.45, 2.75) is 43.5 Å². The fourth-order valence-corrected chi connectivity index (χ4v) is 6.03. The lowest BCUT2D eigenvalue weighted by molar-refractivity contribution is -0.118. The summed E-state index contributed by atoms with van der Waals surface area (Å²) in [5, 5.41) is 26.0. The molecule has 2 aromatic carbocycles. The summed E-state index contributed by atoms with van der Waals surface area (Å²) >= 11 is 0. The standard InChI is InChI=1S/C29H35F2N5O6S/c1-19(2)25(17-37)36(43(41,42)29-16-35(3)18-32-29)15-26(38)24(13-20-7-5-4-6-8-20)34-28(40)12-11-27(39)33-23-10-9-21(30)14-22(23)31/h4-12,14,16,18-19,24-26,37-38H,13,15,17H2,1-3H3,(H,33,39)(H,34,40)/b12-11+. The van der Waals surface area contributed by atoms with E-state index in [1.807, 2.05) is 0 Å². The Balaban J connectivity index is 1.83. The van der Waals surface area contributed by atoms with Gasteiger partial charge in [-0.3, -0.25) is 9.59 Å². The first-order valence-corrected chi connectivity index (χ1v) is 14.8. The fraction of sp³-hybridized carbons (Fsp3) is 0.345. The van der Waals surface area contributed by atoms with Crippen molar-refractivity contribution in [2.75, 3.05) is 18.5 Å². The highest BCUT2D eigenvalue weighted by Crippen LogP contribution is 2.22. The molecule has 3 unspecified atom stereocenters. The lowest BCUT2D eigenvalue weighted by atomic mass is 9.99. The van der Waals surface area contributed by atoms with Gasteiger partial charge in [-0.15, -0.1) is 0 Å². The van der Waals surface area contributed by atoms with Gasteiger partial charge in [0.05, 0.1) is 36.8 Å². The number of aliphatic hydroxyl groups excluding tert-OH is 2. The summed E-state index contributed by atoms with van der Waals surface area (Å²) in [4.78, 5) is 29.0. The number of aryl methyl sites for hydroxylation is 1. The van der Waals surface area contributed by atoms with Crippen molar-refractivity contribution in [3.63, 3.8) is 0 Å². The van der Waals surface area contributed by atoms with E-state index in [9.17, 15) is 37.0 Å². The van der Waals surface area contributed by atoms with E-state index in [2.05, 4.69) is 15.6 Å². The third-order valence-electron chi connectivity index (χ3n) is 6.61. The van der Waals surface area contributed by atoms with Gasteiger partial charge in [0.1, 0.15) is 11.6 Å². The Morgan fingerprint density at radius 2 is 1.77 bits per heavy atom. The number of hydrogen-bond acceptors (Lipinski definition) is 7. The minimum atomic E-state index is -4.28. The van der Waals surface area contributed by atoms with Gasteiger partial charge in [0.25, 0.3) is 10.0 Å². The second kappa shape index (κ2) is 15.0. The topological polar surface area (TPSA) is 154 Å². The van der Waals surface area contributed by atoms with Gasteiger partial charge < -0.3 is 25.4 Å². The SMILES string of the molecule is CC(C)C(CO)N(CC(O)C(Cc1ccccc1)NC(=O)/C=C/C(=O)Nc1ccc(F)cc1F)S(=O)(=O)c1cn(C)cn1. The van der Waals surface area contributed by atoms with Gasteiger partial charge in [-0.1, -0.05) is 44.2 Å². The summed E-state index contributed by atoms with van der Waals surface area (Å²) in [7, 11) is -2.67. The van der Waals surface area contributed by atoms with Crippen LogP contribution in [0, 0.1) is 17.6 Å². The van der Waals surface area contributed by atoms with Gasteiger partial charge >= 0.3 is 0 Å². The molecule has 3 aromatic rings. The van der Waals surface area contributed by atoms with E-state index >= 15 is 0 Å². The molecule has 11 nitrogen and oxygen atoms in total. The first-order valence-electron chi connectivity index (χ1n) is 13.4. The van der Waals surface area contributed by atoms with Crippen LogP contribution in [0.2, 0.25) is 0 Å². The van der Waals surface area contributed by atoms with Gasteiger partial charge in [0.15, 0.2) is 5.03 Å². The molecule has 3 rings (SSSR count). The predicted molar refractivity (Wildman–Crippen MR) is 155 cm³/mol. The number of imidazole rings is 1. The molecule has 0 radical (unpaired) electrons. The summed E-state index contributed by atoms with van der Waals surface area (Å²) in [6.45, 7) is 2.43. The number of hydrogen-bond donors (Lipinski definition) is 4. The van der Waals surface area contributed by atoms with Crippen LogP contribution in [0.1, 0.15) is 19.4 Å². The molecular formula is C29H35F2N5O6S. The highest BCUT2D eigenvalue weighted by molar-refractivity contribution is 7.89. The number of anilines is 1. The Morgan fingerprint density at radius 1 is 1.09 bits per heavy atom. The zero-order valence-electron chi connectivity index (χ0n) is 23.9. The molecule has 1 aromatic heterocycles. The van der Waals surface area contributed by atoms with Crippen LogP contribution in [0.5, 0.6) is 0 Å². The van der Waals surface area contributed by atoms with Crippen molar-refractivity contribution in [3.05, 3.63) is 90.4 Å². The Kier molecular flexibility index (Phi) is 11.7. The number of aromatic nitrogens is 2. The molecule has 1 heterocycles. The number of nitrogens with one attached hydrogen (secondary N) is 2. The Labute approximate surface area is 248 Å². The number of nitrogens with zero attached hydrogens (tertiary/aromatic N) is 3. The number of aliphatic hydroxyl groups is 2. The summed E-state index contributed by atoms with van der Waals surface area (Å²) < 4.78 is 56.6. The van der Waals surface area contributed by atoms with E-state index in [1.165, 1.54) is 17.1 Å². The van der Waals surface area contributed by atoms with Gasteiger partial charge in [0, 0.05) is 38.0 Å². The molecule has 0 aliphatic heterocycles. The lowest BCUT2D eigenvalue weighted by Crippen LogP contribution is -2.54. The second-order valence-electron chi connectivity index (χ2n) is 10.3. The summed E-state index contributed by atoms with van der Waals surface area (Å²) in [5.74, 6) is -3.82. The van der Waals surface area contributed by atoms with Crippen LogP contribution < -0.4 is 10.6 Å². The molecule has 3 atom stereocenters. The van der Waals surface area contributed by atoms with Crippen LogP contribution in [0.3, 0.4) is 0 Å². The van der Waals surface area contributed by atoms with Gasteiger partial charge in [0.2, 0.25) is 11.8 Å². The Morgan fingerprint density at radius 3 is 2.35 bits per heavy atom. The van der Waals surface area contributed by atoms with Crippen molar-refractivity contribution in [1.29, 1.82) is 0 Å². The average molecular weight is 620 g/mol. The predicted octanol–water partition coefficient (Wildman–Crippen LogP) is 1.99. The van der Waals surface area contributed by atoms with Crippen molar-refractivity contribution in [1.82, 2.24) is 19.2 Å². The van der Waals surface area contributed by atoms with E-state index in [0.29, 0.717) is 6.07 Å². The minimum absolute atomic E-state index is 0.0948. The highest BCUT2D eigenvalue weighted by atomic mass is 32.2. The zero-order chi connectivity index (χ0) is 31.7. The quantitative estimate of drug-likeness (QED) is 0.201. The number of carbonyl (C=O) groups excluding carboxylic acids is 2. The van der Waals surface area contributed by atoms with E-state index < -0.39 is 64.8 Å². The maximum atomic E-state index is 13.9. The summed E-state index contributed by atoms with van der Waals surface area (Å²) in [5.41, 5.74) is 0.439. The summed E-state index contributed by atoms with van der Waals surface area (Å²) in [6.07, 6.45) is 2.96. The van der Waals surface area contributed by atoms with Gasteiger partial charge in [-0.2, -0.15) is 4.31 Å². The first kappa shape index (κ1) is 33.5. The van der Waals surface area contributed by atoms with E-state index in [0.717, 1.165) is 34.2 Å². The molecular weight excluding hydrogens is 584 g/mol. The van der Waals surface area contributed by atoms with Crippen LogP contribution in [0.4, 0.5) is 14.5 Å². The third kappa shape index (κ3) is 9.25. The number of halogens is 2. The normalized spacial score (nSPS) is 14.2. The molecule has 43 heavy (non-hydrogen) atoms. The molecule has 4 N–H and O–H groups in total. The fourth-order valence-electron chi connectivity index (χ4n) is 4.30. The summed E-state index contributed by atoms with van der Waals surface area (Å²) in [6, 6.07) is 9.48. The molecule has 14 heteroatoms. The van der Waals surface area contributed by atoms with Crippen molar-refractivity contribution >= 4 is 27.5 Å². The monoisotopic (exact) mass is 619 g/mol. The number of benzene rings is 2. The third-order valence-corrected chi connectivity index (χ3v) is 8.39. The minimum Gasteiger partial charge on any atom is -0.395 e. The number of rotatable bonds is 14. The van der Waals surface area contributed by atoms with E-state index in [4.69, 9.17) is 0 Å². The number of carbonyl (C=O) groups is 2. The van der Waals surface area contributed by atoms with E-state index in [1.54, 1.807) is 51.2 Å². The maximum Gasteiger partial charge on any atom is 0.262 e. The zero-order valence-corrected chi connectivity index (χ0v) is 24.7. The van der Waals surface area contributed by atoms with Crippen molar-refractivity contribution in [3.8, 4) is 0 Å². The van der Waals surface area contributed by atoms with Gasteiger partial charge in [-0.25, -0.2) is 22.2 Å². The van der Waals surface area contributed by atoms with Gasteiger partial charge in [-0.05, 0) is 30.0 Å². The number of sulfonamides is 1. The second-order valence-corrected chi connectivity index (χ2v) is 12.1. The molecule has 0 spiro atoms. The number of amides is 2.